The highest BCUT2D eigenvalue weighted by molar-refractivity contribution is 9.10. The highest BCUT2D eigenvalue weighted by Crippen LogP contribution is 2.27. The van der Waals surface area contributed by atoms with E-state index >= 15 is 0 Å². The zero-order chi connectivity index (χ0) is 13.0. The van der Waals surface area contributed by atoms with E-state index in [0.717, 1.165) is 15.8 Å². The Bertz CT molecular complexity index is 520. The maximum Gasteiger partial charge on any atom is 0.133 e. The number of hydrogen-bond donors (Lipinski definition) is 1. The van der Waals surface area contributed by atoms with Crippen molar-refractivity contribution in [1.82, 2.24) is 9.97 Å². The molecule has 0 aliphatic carbocycles. The van der Waals surface area contributed by atoms with Gasteiger partial charge in [0.05, 0.1) is 23.5 Å². The lowest BCUT2D eigenvalue weighted by molar-refractivity contribution is 0.173. The number of methoxy groups -OCH3 is 1. The van der Waals surface area contributed by atoms with Gasteiger partial charge in [-0.2, -0.15) is 0 Å². The molecule has 0 fully saturated rings. The van der Waals surface area contributed by atoms with Crippen molar-refractivity contribution in [1.29, 1.82) is 0 Å². The predicted molar refractivity (Wildman–Crippen MR) is 71.4 cm³/mol. The smallest absolute Gasteiger partial charge is 0.133 e. The third kappa shape index (κ3) is 3.05. The van der Waals surface area contributed by atoms with Crippen LogP contribution in [0.1, 0.15) is 17.4 Å². The van der Waals surface area contributed by atoms with Crippen molar-refractivity contribution in [3.8, 4) is 5.75 Å². The average Bonchev–Trinajstić information content (AvgIpc) is 2.40. The summed E-state index contributed by atoms with van der Waals surface area (Å²) in [5.41, 5.74) is 1.57. The molecule has 2 aromatic rings. The van der Waals surface area contributed by atoms with Crippen LogP contribution in [0.15, 0.2) is 41.3 Å². The number of ether oxygens (including phenoxy) is 1. The van der Waals surface area contributed by atoms with Gasteiger partial charge in [0.1, 0.15) is 11.9 Å². The van der Waals surface area contributed by atoms with E-state index < -0.39 is 6.10 Å². The topological polar surface area (TPSA) is 55.2 Å². The van der Waals surface area contributed by atoms with E-state index in [2.05, 4.69) is 25.9 Å². The molecule has 1 unspecified atom stereocenters. The summed E-state index contributed by atoms with van der Waals surface area (Å²) < 4.78 is 6.03. The Kier molecular flexibility index (Phi) is 4.28. The van der Waals surface area contributed by atoms with Crippen molar-refractivity contribution in [2.45, 2.75) is 12.5 Å². The van der Waals surface area contributed by atoms with Crippen molar-refractivity contribution < 1.29 is 9.84 Å². The Balaban J connectivity index is 2.12. The van der Waals surface area contributed by atoms with Gasteiger partial charge in [-0.05, 0) is 33.6 Å². The fourth-order valence-electron chi connectivity index (χ4n) is 1.65. The van der Waals surface area contributed by atoms with Gasteiger partial charge >= 0.3 is 0 Å². The average molecular weight is 309 g/mol. The molecule has 1 atom stereocenters. The monoisotopic (exact) mass is 308 g/mol. The van der Waals surface area contributed by atoms with Crippen molar-refractivity contribution in [3.05, 3.63) is 52.5 Å². The fraction of sp³-hybridized carbons (Fsp3) is 0.231. The molecule has 0 aliphatic rings. The lowest BCUT2D eigenvalue weighted by Crippen LogP contribution is -2.04. The molecule has 5 heteroatoms. The first kappa shape index (κ1) is 13.0. The minimum absolute atomic E-state index is 0.487. The summed E-state index contributed by atoms with van der Waals surface area (Å²) >= 11 is 3.42. The van der Waals surface area contributed by atoms with Crippen LogP contribution in [0.2, 0.25) is 0 Å². The second kappa shape index (κ2) is 5.93. The molecule has 0 bridgehead atoms. The van der Waals surface area contributed by atoms with Gasteiger partial charge in [-0.3, -0.25) is 9.97 Å². The third-order valence-corrected chi connectivity index (χ3v) is 3.19. The second-order valence-corrected chi connectivity index (χ2v) is 4.67. The van der Waals surface area contributed by atoms with E-state index in [-0.39, 0.29) is 0 Å². The van der Waals surface area contributed by atoms with E-state index in [1.807, 2.05) is 18.2 Å². The number of aromatic nitrogens is 2. The van der Waals surface area contributed by atoms with Crippen LogP contribution in [0.3, 0.4) is 0 Å². The summed E-state index contributed by atoms with van der Waals surface area (Å²) in [5, 5.41) is 10.0. The molecule has 2 rings (SSSR count). The summed E-state index contributed by atoms with van der Waals surface area (Å²) in [4.78, 5) is 8.02. The van der Waals surface area contributed by atoms with E-state index in [1.54, 1.807) is 25.7 Å². The molecule has 0 aliphatic heterocycles. The number of aliphatic hydroxyl groups excluding tert-OH is 1. The van der Waals surface area contributed by atoms with Gasteiger partial charge in [0.25, 0.3) is 0 Å². The molecule has 0 saturated carbocycles. The molecule has 0 spiro atoms. The number of aliphatic hydroxyl groups is 1. The lowest BCUT2D eigenvalue weighted by atomic mass is 10.1. The van der Waals surface area contributed by atoms with Crippen LogP contribution in [0, 0.1) is 0 Å². The molecular formula is C13H13BrN2O2. The number of nitrogens with zero attached hydrogens (tertiary/aromatic N) is 2. The van der Waals surface area contributed by atoms with Crippen LogP contribution < -0.4 is 4.74 Å². The predicted octanol–water partition coefficient (Wildman–Crippen LogP) is 2.52. The van der Waals surface area contributed by atoms with Gasteiger partial charge in [0.2, 0.25) is 0 Å². The molecule has 0 amide bonds. The Morgan fingerprint density at radius 3 is 2.83 bits per heavy atom. The van der Waals surface area contributed by atoms with Gasteiger partial charge in [0, 0.05) is 18.8 Å². The normalized spacial score (nSPS) is 12.2. The lowest BCUT2D eigenvalue weighted by Gasteiger charge is -2.11. The standard InChI is InChI=1S/C13H13BrN2O2/c1-18-13-3-2-9(6-10(13)14)7-12(17)11-8-15-4-5-16-11/h2-6,8,12,17H,7H2,1H3. The van der Waals surface area contributed by atoms with Gasteiger partial charge in [0.15, 0.2) is 0 Å². The summed E-state index contributed by atoms with van der Waals surface area (Å²) in [7, 11) is 1.62. The number of rotatable bonds is 4. The zero-order valence-corrected chi connectivity index (χ0v) is 11.5. The van der Waals surface area contributed by atoms with Crippen LogP contribution >= 0.6 is 15.9 Å². The van der Waals surface area contributed by atoms with Crippen molar-refractivity contribution in [2.24, 2.45) is 0 Å². The fourth-order valence-corrected chi connectivity index (χ4v) is 2.24. The highest BCUT2D eigenvalue weighted by atomic mass is 79.9. The van der Waals surface area contributed by atoms with Crippen LogP contribution in [0.5, 0.6) is 5.75 Å². The number of benzene rings is 1. The van der Waals surface area contributed by atoms with E-state index in [1.165, 1.54) is 0 Å². The molecule has 4 nitrogen and oxygen atoms in total. The maximum absolute atomic E-state index is 10.0. The molecule has 0 saturated heterocycles. The molecule has 1 aromatic heterocycles. The minimum Gasteiger partial charge on any atom is -0.496 e. The Hall–Kier alpha value is -1.46. The summed E-state index contributed by atoms with van der Waals surface area (Å²) in [5.74, 6) is 0.771. The van der Waals surface area contributed by atoms with Gasteiger partial charge in [-0.25, -0.2) is 0 Å². The molecule has 1 aromatic carbocycles. The third-order valence-electron chi connectivity index (χ3n) is 2.57. The van der Waals surface area contributed by atoms with Crippen molar-refractivity contribution >= 4 is 15.9 Å². The molecule has 0 radical (unpaired) electrons. The first-order valence-corrected chi connectivity index (χ1v) is 6.26. The van der Waals surface area contributed by atoms with Crippen LogP contribution in [-0.2, 0) is 6.42 Å². The minimum atomic E-state index is -0.654. The van der Waals surface area contributed by atoms with Gasteiger partial charge in [-0.1, -0.05) is 6.07 Å². The molecular weight excluding hydrogens is 296 g/mol. The first-order chi connectivity index (χ1) is 8.70. The van der Waals surface area contributed by atoms with Crippen molar-refractivity contribution in [3.63, 3.8) is 0 Å². The number of halogens is 1. The zero-order valence-electron chi connectivity index (χ0n) is 9.88. The largest absolute Gasteiger partial charge is 0.496 e. The highest BCUT2D eigenvalue weighted by Gasteiger charge is 2.11. The van der Waals surface area contributed by atoms with E-state index in [4.69, 9.17) is 4.74 Å². The van der Waals surface area contributed by atoms with Crippen molar-refractivity contribution in [2.75, 3.05) is 7.11 Å². The number of hydrogen-bond acceptors (Lipinski definition) is 4. The van der Waals surface area contributed by atoms with E-state index in [0.29, 0.717) is 12.1 Å². The summed E-state index contributed by atoms with van der Waals surface area (Å²) in [6, 6.07) is 5.71. The molecule has 1 heterocycles. The quantitative estimate of drug-likeness (QED) is 0.943. The van der Waals surface area contributed by atoms with E-state index in [9.17, 15) is 5.11 Å². The van der Waals surface area contributed by atoms with Crippen LogP contribution in [0.25, 0.3) is 0 Å². The summed E-state index contributed by atoms with van der Waals surface area (Å²) in [6.45, 7) is 0. The SMILES string of the molecule is COc1ccc(CC(O)c2cnccn2)cc1Br. The van der Waals surface area contributed by atoms with Gasteiger partial charge in [-0.15, -0.1) is 0 Å². The molecule has 18 heavy (non-hydrogen) atoms. The van der Waals surface area contributed by atoms with Crippen LogP contribution in [-0.4, -0.2) is 22.2 Å². The van der Waals surface area contributed by atoms with Gasteiger partial charge < -0.3 is 9.84 Å². The Labute approximate surface area is 114 Å². The first-order valence-electron chi connectivity index (χ1n) is 5.47. The molecule has 94 valence electrons. The second-order valence-electron chi connectivity index (χ2n) is 3.82. The maximum atomic E-state index is 10.0. The Morgan fingerprint density at radius 2 is 2.22 bits per heavy atom. The summed E-state index contributed by atoms with van der Waals surface area (Å²) in [6.07, 6.45) is 4.56. The van der Waals surface area contributed by atoms with Crippen LogP contribution in [0.4, 0.5) is 0 Å². The Morgan fingerprint density at radius 1 is 1.39 bits per heavy atom. The molecule has 1 N–H and O–H groups in total.